The molecule has 0 aliphatic carbocycles. The monoisotopic (exact) mass is 364 g/mol. The van der Waals surface area contributed by atoms with Gasteiger partial charge >= 0.3 is 0 Å². The maximum atomic E-state index is 5.69. The highest BCUT2D eigenvalue weighted by atomic mass is 16.5. The molecule has 0 saturated carbocycles. The minimum atomic E-state index is 0.573. The van der Waals surface area contributed by atoms with Crippen molar-refractivity contribution in [3.63, 3.8) is 0 Å². The molecular weight excluding hydrogens is 332 g/mol. The third kappa shape index (κ3) is 7.93. The topological polar surface area (TPSA) is 67.4 Å². The van der Waals surface area contributed by atoms with E-state index in [4.69, 9.17) is 14.2 Å². The molecule has 146 valence electrons. The number of rotatable bonds is 10. The van der Waals surface area contributed by atoms with Crippen molar-refractivity contribution in [2.75, 3.05) is 66.7 Å². The molecule has 0 unspecified atom stereocenters. The van der Waals surface area contributed by atoms with Crippen LogP contribution in [0.1, 0.15) is 12.8 Å². The van der Waals surface area contributed by atoms with Crippen LogP contribution in [-0.4, -0.2) is 77.6 Å². The fraction of sp³-hybridized carbons (Fsp3) is 0.632. The number of nitrogens with zero attached hydrogens (tertiary/aromatic N) is 2. The first-order chi connectivity index (χ1) is 12.8. The lowest BCUT2D eigenvalue weighted by Crippen LogP contribution is -2.40. The number of morpholine rings is 1. The number of aliphatic imine (C=N–C) groups is 1. The standard InChI is InChI=1S/C19H32N4O3/c1-20-19(21-9-3-4-11-23-12-15-25-16-13-23)22-10-14-26-18-7-5-17(24-2)6-8-18/h5-8H,3-4,9-16H2,1-2H3,(H2,20,21,22). The van der Waals surface area contributed by atoms with Gasteiger partial charge in [0.05, 0.1) is 26.9 Å². The minimum absolute atomic E-state index is 0.573. The highest BCUT2D eigenvalue weighted by molar-refractivity contribution is 5.79. The molecule has 1 heterocycles. The molecule has 0 atom stereocenters. The summed E-state index contributed by atoms with van der Waals surface area (Å²) in [7, 11) is 3.44. The van der Waals surface area contributed by atoms with E-state index >= 15 is 0 Å². The molecular formula is C19H32N4O3. The van der Waals surface area contributed by atoms with E-state index in [0.29, 0.717) is 13.2 Å². The summed E-state index contributed by atoms with van der Waals surface area (Å²) < 4.78 is 16.2. The van der Waals surface area contributed by atoms with E-state index in [9.17, 15) is 0 Å². The maximum Gasteiger partial charge on any atom is 0.191 e. The van der Waals surface area contributed by atoms with E-state index < -0.39 is 0 Å². The van der Waals surface area contributed by atoms with Gasteiger partial charge in [0, 0.05) is 26.7 Å². The Kier molecular flexibility index (Phi) is 9.67. The Bertz CT molecular complexity index is 516. The van der Waals surface area contributed by atoms with Crippen molar-refractivity contribution < 1.29 is 14.2 Å². The Hall–Kier alpha value is -1.99. The molecule has 0 amide bonds. The Morgan fingerprint density at radius 2 is 1.77 bits per heavy atom. The highest BCUT2D eigenvalue weighted by Gasteiger charge is 2.09. The van der Waals surface area contributed by atoms with Crippen molar-refractivity contribution in [1.82, 2.24) is 15.5 Å². The van der Waals surface area contributed by atoms with Gasteiger partial charge in [0.25, 0.3) is 0 Å². The van der Waals surface area contributed by atoms with E-state index in [2.05, 4.69) is 20.5 Å². The lowest BCUT2D eigenvalue weighted by Gasteiger charge is -2.26. The van der Waals surface area contributed by atoms with E-state index in [1.807, 2.05) is 24.3 Å². The predicted molar refractivity (Wildman–Crippen MR) is 104 cm³/mol. The van der Waals surface area contributed by atoms with Crippen LogP contribution in [-0.2, 0) is 4.74 Å². The van der Waals surface area contributed by atoms with Gasteiger partial charge in [-0.15, -0.1) is 0 Å². The summed E-state index contributed by atoms with van der Waals surface area (Å²) in [4.78, 5) is 6.70. The van der Waals surface area contributed by atoms with E-state index in [0.717, 1.165) is 63.3 Å². The van der Waals surface area contributed by atoms with Crippen molar-refractivity contribution in [1.29, 1.82) is 0 Å². The molecule has 0 bridgehead atoms. The van der Waals surface area contributed by atoms with Crippen molar-refractivity contribution in [2.24, 2.45) is 4.99 Å². The first-order valence-corrected chi connectivity index (χ1v) is 9.33. The molecule has 0 radical (unpaired) electrons. The molecule has 2 N–H and O–H groups in total. The molecule has 1 saturated heterocycles. The SMILES string of the molecule is CN=C(NCCCCN1CCOCC1)NCCOc1ccc(OC)cc1. The number of nitrogens with one attached hydrogen (secondary N) is 2. The van der Waals surface area contributed by atoms with Crippen LogP contribution >= 0.6 is 0 Å². The van der Waals surface area contributed by atoms with Gasteiger partial charge in [-0.05, 0) is 43.7 Å². The fourth-order valence-electron chi connectivity index (χ4n) is 2.72. The number of guanidine groups is 1. The van der Waals surface area contributed by atoms with E-state index in [-0.39, 0.29) is 0 Å². The summed E-state index contributed by atoms with van der Waals surface area (Å²) >= 11 is 0. The molecule has 0 aromatic heterocycles. The largest absolute Gasteiger partial charge is 0.497 e. The highest BCUT2D eigenvalue weighted by Crippen LogP contribution is 2.16. The van der Waals surface area contributed by atoms with Crippen molar-refractivity contribution >= 4 is 5.96 Å². The van der Waals surface area contributed by atoms with Crippen molar-refractivity contribution in [2.45, 2.75) is 12.8 Å². The smallest absolute Gasteiger partial charge is 0.191 e. The van der Waals surface area contributed by atoms with Crippen LogP contribution in [0.15, 0.2) is 29.3 Å². The molecule has 1 aromatic rings. The second-order valence-electron chi connectivity index (χ2n) is 6.11. The van der Waals surface area contributed by atoms with Crippen LogP contribution in [0.4, 0.5) is 0 Å². The number of ether oxygens (including phenoxy) is 3. The Balaban J connectivity index is 1.50. The molecule has 1 fully saturated rings. The normalized spacial score (nSPS) is 15.5. The number of unbranched alkanes of at least 4 members (excludes halogenated alkanes) is 1. The molecule has 1 aliphatic rings. The van der Waals surface area contributed by atoms with Crippen molar-refractivity contribution in [3.8, 4) is 11.5 Å². The minimum Gasteiger partial charge on any atom is -0.497 e. The average molecular weight is 364 g/mol. The Labute approximate surface area is 156 Å². The number of methoxy groups -OCH3 is 1. The lowest BCUT2D eigenvalue weighted by atomic mass is 10.3. The molecule has 2 rings (SSSR count). The molecule has 1 aromatic carbocycles. The zero-order valence-electron chi connectivity index (χ0n) is 16.0. The summed E-state index contributed by atoms with van der Waals surface area (Å²) in [5.41, 5.74) is 0. The second-order valence-corrected chi connectivity index (χ2v) is 6.11. The van der Waals surface area contributed by atoms with Gasteiger partial charge < -0.3 is 24.8 Å². The average Bonchev–Trinajstić information content (AvgIpc) is 2.70. The van der Waals surface area contributed by atoms with Crippen LogP contribution in [0.2, 0.25) is 0 Å². The van der Waals surface area contributed by atoms with Gasteiger partial charge in [-0.1, -0.05) is 0 Å². The number of hydrogen-bond donors (Lipinski definition) is 2. The van der Waals surface area contributed by atoms with Gasteiger partial charge in [-0.3, -0.25) is 9.89 Å². The first-order valence-electron chi connectivity index (χ1n) is 9.33. The van der Waals surface area contributed by atoms with Crippen LogP contribution in [0.5, 0.6) is 11.5 Å². The Morgan fingerprint density at radius 1 is 1.08 bits per heavy atom. The summed E-state index contributed by atoms with van der Waals surface area (Å²) in [5.74, 6) is 2.47. The van der Waals surface area contributed by atoms with Crippen LogP contribution in [0.25, 0.3) is 0 Å². The third-order valence-electron chi connectivity index (χ3n) is 4.24. The summed E-state index contributed by atoms with van der Waals surface area (Å²) in [6.45, 7) is 7.19. The third-order valence-corrected chi connectivity index (χ3v) is 4.24. The summed E-state index contributed by atoms with van der Waals surface area (Å²) in [6.07, 6.45) is 2.31. The van der Waals surface area contributed by atoms with Crippen LogP contribution in [0.3, 0.4) is 0 Å². The first kappa shape index (κ1) is 20.3. The van der Waals surface area contributed by atoms with E-state index in [1.54, 1.807) is 14.2 Å². The zero-order chi connectivity index (χ0) is 18.5. The zero-order valence-corrected chi connectivity index (χ0v) is 16.0. The fourth-order valence-corrected chi connectivity index (χ4v) is 2.72. The quantitative estimate of drug-likeness (QED) is 0.371. The van der Waals surface area contributed by atoms with Crippen molar-refractivity contribution in [3.05, 3.63) is 24.3 Å². The van der Waals surface area contributed by atoms with Crippen LogP contribution < -0.4 is 20.1 Å². The van der Waals surface area contributed by atoms with Gasteiger partial charge in [-0.25, -0.2) is 0 Å². The number of hydrogen-bond acceptors (Lipinski definition) is 5. The molecule has 7 nitrogen and oxygen atoms in total. The van der Waals surface area contributed by atoms with Gasteiger partial charge in [-0.2, -0.15) is 0 Å². The number of benzene rings is 1. The van der Waals surface area contributed by atoms with Gasteiger partial charge in [0.15, 0.2) is 5.96 Å². The Morgan fingerprint density at radius 3 is 2.46 bits per heavy atom. The molecule has 26 heavy (non-hydrogen) atoms. The lowest BCUT2D eigenvalue weighted by molar-refractivity contribution is 0.0372. The summed E-state index contributed by atoms with van der Waals surface area (Å²) in [6, 6.07) is 7.58. The van der Waals surface area contributed by atoms with Gasteiger partial charge in [0.1, 0.15) is 18.1 Å². The molecule has 1 aliphatic heterocycles. The van der Waals surface area contributed by atoms with Crippen LogP contribution in [0, 0.1) is 0 Å². The molecule has 7 heteroatoms. The van der Waals surface area contributed by atoms with E-state index in [1.165, 1.54) is 6.42 Å². The maximum absolute atomic E-state index is 5.69. The summed E-state index contributed by atoms with van der Waals surface area (Å²) in [5, 5.41) is 6.61. The molecule has 0 spiro atoms. The predicted octanol–water partition coefficient (Wildman–Crippen LogP) is 1.35. The second kappa shape index (κ2) is 12.4. The van der Waals surface area contributed by atoms with Gasteiger partial charge in [0.2, 0.25) is 0 Å².